The molecule has 4 nitrogen and oxygen atoms in total. The van der Waals surface area contributed by atoms with Crippen molar-refractivity contribution in [2.75, 3.05) is 0 Å². The van der Waals surface area contributed by atoms with E-state index in [9.17, 15) is 5.21 Å². The monoisotopic (exact) mass is 295 g/mol. The second-order valence-corrected chi connectivity index (χ2v) is 5.14. The van der Waals surface area contributed by atoms with Crippen molar-refractivity contribution in [2.45, 2.75) is 20.5 Å². The molecule has 0 radical (unpaired) electrons. The van der Waals surface area contributed by atoms with E-state index in [4.69, 9.17) is 9.15 Å². The van der Waals surface area contributed by atoms with Crippen molar-refractivity contribution in [1.29, 1.82) is 0 Å². The highest BCUT2D eigenvalue weighted by atomic mass is 16.5. The van der Waals surface area contributed by atoms with Crippen LogP contribution in [0.4, 0.5) is 0 Å². The van der Waals surface area contributed by atoms with E-state index >= 15 is 0 Å². The molecule has 1 heterocycles. The minimum atomic E-state index is 0.310. The second-order valence-electron chi connectivity index (χ2n) is 5.14. The first-order valence-electron chi connectivity index (χ1n) is 7.12. The minimum absolute atomic E-state index is 0.310. The van der Waals surface area contributed by atoms with E-state index < -0.39 is 0 Å². The zero-order valence-corrected chi connectivity index (χ0v) is 12.6. The molecule has 3 rings (SSSR count). The predicted molar refractivity (Wildman–Crippen MR) is 83.4 cm³/mol. The van der Waals surface area contributed by atoms with Crippen molar-refractivity contribution in [1.82, 2.24) is 0 Å². The molecule has 0 aliphatic carbocycles. The van der Waals surface area contributed by atoms with Crippen molar-refractivity contribution in [3.05, 3.63) is 76.8 Å². The Morgan fingerprint density at radius 3 is 2.27 bits per heavy atom. The Kier molecular flexibility index (Phi) is 3.83. The van der Waals surface area contributed by atoms with Crippen molar-refractivity contribution < 1.29 is 13.9 Å². The molecule has 0 atom stereocenters. The molecule has 0 saturated carbocycles. The number of oxazole rings is 1. The van der Waals surface area contributed by atoms with Crippen LogP contribution in [0.15, 0.2) is 59.0 Å². The van der Waals surface area contributed by atoms with Crippen LogP contribution in [0.1, 0.15) is 17.0 Å². The molecular weight excluding hydrogens is 278 g/mol. The maximum absolute atomic E-state index is 12.0. The zero-order chi connectivity index (χ0) is 15.5. The van der Waals surface area contributed by atoms with Crippen molar-refractivity contribution >= 4 is 0 Å². The number of hydrogen-bond donors (Lipinski definition) is 0. The van der Waals surface area contributed by atoms with Crippen LogP contribution in [0.25, 0.3) is 11.5 Å². The average Bonchev–Trinajstić information content (AvgIpc) is 2.82. The largest absolute Gasteiger partial charge is 0.616 e. The fourth-order valence-electron chi connectivity index (χ4n) is 2.17. The maximum Gasteiger partial charge on any atom is 0.392 e. The molecular formula is C18H17NO3. The zero-order valence-electron chi connectivity index (χ0n) is 12.6. The van der Waals surface area contributed by atoms with Gasteiger partial charge in [0.1, 0.15) is 12.4 Å². The normalized spacial score (nSPS) is 10.6. The van der Waals surface area contributed by atoms with Gasteiger partial charge in [-0.05, 0) is 29.8 Å². The SMILES string of the molecule is Cc1oc(-c2ccc(OCc3ccccc3)cc2)[n+]([O-])c1C. The Labute approximate surface area is 129 Å². The molecule has 0 fully saturated rings. The van der Waals surface area contributed by atoms with Crippen LogP contribution >= 0.6 is 0 Å². The first kappa shape index (κ1) is 14.2. The highest BCUT2D eigenvalue weighted by Gasteiger charge is 2.20. The fourth-order valence-corrected chi connectivity index (χ4v) is 2.17. The Bertz CT molecular complexity index is 761. The molecule has 0 spiro atoms. The lowest BCUT2D eigenvalue weighted by molar-refractivity contribution is -0.602. The lowest BCUT2D eigenvalue weighted by atomic mass is 10.2. The highest BCUT2D eigenvalue weighted by molar-refractivity contribution is 5.52. The number of benzene rings is 2. The number of rotatable bonds is 4. The van der Waals surface area contributed by atoms with Crippen molar-refractivity contribution in [2.24, 2.45) is 0 Å². The van der Waals surface area contributed by atoms with Gasteiger partial charge < -0.3 is 14.4 Å². The predicted octanol–water partition coefficient (Wildman–Crippen LogP) is 3.78. The van der Waals surface area contributed by atoms with Crippen LogP contribution < -0.4 is 9.47 Å². The molecule has 0 N–H and O–H groups in total. The Balaban J connectivity index is 1.74. The van der Waals surface area contributed by atoms with E-state index in [0.29, 0.717) is 24.0 Å². The van der Waals surface area contributed by atoms with Gasteiger partial charge in [-0.1, -0.05) is 30.3 Å². The van der Waals surface area contributed by atoms with Crippen molar-refractivity contribution in [3.63, 3.8) is 0 Å². The first-order valence-corrected chi connectivity index (χ1v) is 7.12. The summed E-state index contributed by atoms with van der Waals surface area (Å²) in [6.07, 6.45) is 0. The highest BCUT2D eigenvalue weighted by Crippen LogP contribution is 2.23. The van der Waals surface area contributed by atoms with Crippen LogP contribution in [-0.4, -0.2) is 0 Å². The van der Waals surface area contributed by atoms with Crippen LogP contribution in [0, 0.1) is 19.1 Å². The molecule has 0 unspecified atom stereocenters. The van der Waals surface area contributed by atoms with Crippen molar-refractivity contribution in [3.8, 4) is 17.2 Å². The summed E-state index contributed by atoms with van der Waals surface area (Å²) in [5.74, 6) is 1.70. The third-order valence-corrected chi connectivity index (χ3v) is 3.60. The minimum Gasteiger partial charge on any atom is -0.616 e. The van der Waals surface area contributed by atoms with Gasteiger partial charge in [0.25, 0.3) is 0 Å². The van der Waals surface area contributed by atoms with E-state index in [1.165, 1.54) is 0 Å². The van der Waals surface area contributed by atoms with E-state index in [-0.39, 0.29) is 0 Å². The number of nitrogens with zero attached hydrogens (tertiary/aromatic N) is 1. The molecule has 0 aliphatic heterocycles. The number of aryl methyl sites for hydroxylation is 1. The van der Waals surface area contributed by atoms with Gasteiger partial charge in [0.2, 0.25) is 5.69 Å². The summed E-state index contributed by atoms with van der Waals surface area (Å²) in [5.41, 5.74) is 2.43. The quantitative estimate of drug-likeness (QED) is 0.543. The maximum atomic E-state index is 12.0. The molecule has 0 aliphatic rings. The third kappa shape index (κ3) is 2.81. The van der Waals surface area contributed by atoms with Gasteiger partial charge in [0.15, 0.2) is 5.76 Å². The van der Waals surface area contributed by atoms with Gasteiger partial charge in [-0.2, -0.15) is 0 Å². The molecule has 0 amide bonds. The lowest BCUT2D eigenvalue weighted by Crippen LogP contribution is -2.29. The van der Waals surface area contributed by atoms with Gasteiger partial charge >= 0.3 is 5.89 Å². The molecule has 112 valence electrons. The van der Waals surface area contributed by atoms with Gasteiger partial charge in [0.05, 0.1) is 5.56 Å². The second kappa shape index (κ2) is 5.93. The molecule has 22 heavy (non-hydrogen) atoms. The Morgan fingerprint density at radius 1 is 1.00 bits per heavy atom. The molecule has 1 aromatic heterocycles. The number of aromatic nitrogens is 1. The van der Waals surface area contributed by atoms with Gasteiger partial charge in [-0.3, -0.25) is 0 Å². The van der Waals surface area contributed by atoms with E-state index in [1.54, 1.807) is 13.8 Å². The summed E-state index contributed by atoms with van der Waals surface area (Å²) >= 11 is 0. The summed E-state index contributed by atoms with van der Waals surface area (Å²) in [7, 11) is 0. The molecule has 3 aromatic rings. The van der Waals surface area contributed by atoms with Gasteiger partial charge in [-0.25, -0.2) is 0 Å². The van der Waals surface area contributed by atoms with Crippen LogP contribution in [0.3, 0.4) is 0 Å². The van der Waals surface area contributed by atoms with E-state index in [0.717, 1.165) is 21.6 Å². The van der Waals surface area contributed by atoms with Gasteiger partial charge in [-0.15, -0.1) is 4.73 Å². The summed E-state index contributed by atoms with van der Waals surface area (Å²) < 4.78 is 12.1. The summed E-state index contributed by atoms with van der Waals surface area (Å²) in [4.78, 5) is 0. The van der Waals surface area contributed by atoms with Crippen LogP contribution in [-0.2, 0) is 6.61 Å². The molecule has 0 saturated heterocycles. The Morgan fingerprint density at radius 2 is 1.68 bits per heavy atom. The summed E-state index contributed by atoms with van der Waals surface area (Å²) in [6.45, 7) is 4.04. The van der Waals surface area contributed by atoms with Crippen LogP contribution in [0.5, 0.6) is 5.75 Å². The third-order valence-electron chi connectivity index (χ3n) is 3.60. The standard InChI is InChI=1S/C18H17NO3/c1-13-14(2)22-18(19(13)20)16-8-10-17(11-9-16)21-12-15-6-4-3-5-7-15/h3-11H,12H2,1-2H3. The molecule has 0 bridgehead atoms. The lowest BCUT2D eigenvalue weighted by Gasteiger charge is -2.06. The fraction of sp³-hybridized carbons (Fsp3) is 0.167. The van der Waals surface area contributed by atoms with E-state index in [1.807, 2.05) is 54.6 Å². The molecule has 2 aromatic carbocycles. The summed E-state index contributed by atoms with van der Waals surface area (Å²) in [5, 5.41) is 12.0. The first-order chi connectivity index (χ1) is 10.6. The van der Waals surface area contributed by atoms with E-state index in [2.05, 4.69) is 0 Å². The number of hydrogen-bond acceptors (Lipinski definition) is 3. The summed E-state index contributed by atoms with van der Waals surface area (Å²) in [6, 6.07) is 17.3. The number of ether oxygens (including phenoxy) is 1. The van der Waals surface area contributed by atoms with Crippen LogP contribution in [0.2, 0.25) is 0 Å². The topological polar surface area (TPSA) is 49.3 Å². The smallest absolute Gasteiger partial charge is 0.392 e. The Hall–Kier alpha value is -2.75. The van der Waals surface area contributed by atoms with Gasteiger partial charge in [0, 0.05) is 13.8 Å². The average molecular weight is 295 g/mol. The molecule has 4 heteroatoms.